The number of nitrogens with zero attached hydrogens (tertiary/aromatic N) is 3. The molecule has 8 aliphatic rings. The number of carbonyl (C=O) groups excluding carboxylic acids is 1. The first-order chi connectivity index (χ1) is 38.4. The molecule has 2 unspecified atom stereocenters. The number of rotatable bonds is 16. The lowest BCUT2D eigenvalue weighted by Crippen LogP contribution is -2.32. The lowest BCUT2D eigenvalue weighted by atomic mass is 9.67. The molecule has 0 amide bonds. The van der Waals surface area contributed by atoms with Crippen molar-refractivity contribution < 1.29 is 19.7 Å². The summed E-state index contributed by atoms with van der Waals surface area (Å²) in [6.45, 7) is 36.5. The molecule has 8 rings (SSSR count). The first kappa shape index (κ1) is 59.9. The average molecular weight is 1090 g/mol. The Kier molecular flexibility index (Phi) is 18.4. The molecule has 3 aliphatic carbocycles. The molecule has 3 N–H and O–H groups in total. The standard InChI is InChI=1S/C73H88N4O4/c1-17-55-49(9)61-38-63-51(11)57(70(76-63)58-37-67(79)69-52(12)64(77-71(58)69)40-66-56(18-2)50(10)62(75-66)39-65(55)74-61)31-34-68(80)81-54-36-48(8)60(73(15,16)42-54)33-30-46(6)28-22-26-44(4)24-20-19-23-43(3)25-21-27-45(5)29-32-59-47(7)35-53(78)41-72(59,13)14/h17,19-30,32-33,35,38-40,51,53-54,57,59,76,78-79H,1,18,31,34,36-37,41-42H2,2-16H3/b20-19+,25-21+,26-22+,32-29+,33-30+,43-23+,44-24+,45-27+,46-28+,63-38?,65-39?,66-40?,70-58?/t51?,53-,54+,57?,59-/m0/s1. The number of ether oxygens (including phenoxy) is 1. The van der Waals surface area contributed by atoms with Gasteiger partial charge in [0.25, 0.3) is 0 Å². The Morgan fingerprint density at radius 3 is 2.07 bits per heavy atom. The molecular weight excluding hydrogens is 997 g/mol. The fraction of sp³-hybridized carbons (Fsp3) is 0.397. The maximum absolute atomic E-state index is 14.0. The number of aliphatic hydroxyl groups is 2. The Morgan fingerprint density at radius 2 is 1.43 bits per heavy atom. The molecule has 0 spiro atoms. The van der Waals surface area contributed by atoms with E-state index in [1.54, 1.807) is 0 Å². The number of hydrogen-bond acceptors (Lipinski definition) is 8. The van der Waals surface area contributed by atoms with E-state index in [4.69, 9.17) is 19.7 Å². The summed E-state index contributed by atoms with van der Waals surface area (Å²) in [6, 6.07) is 0. The highest BCUT2D eigenvalue weighted by atomic mass is 16.5. The number of carbonyl (C=O) groups is 1. The maximum atomic E-state index is 14.0. The SMILES string of the molecule is C=CC1=C(C)C2=NC1=CC1=NC(=CC3=C(C)C4=C(O)CC(=C5NC(=C2)C(C)C5CCC(=O)O[C@@H]2CC(C)=C(/C=C/C(C)=C/C=C/C(C)=C/C=C/C=C(C)/C=C/C=C(C)/C=C/[C@H]5C(C)=C[C@H](O)CC5(C)C)C(C)(C)C2)C4=N3)C(CC)=C1C. The molecule has 0 aromatic heterocycles. The summed E-state index contributed by atoms with van der Waals surface area (Å²) in [5.74, 6) is 0.428. The molecule has 424 valence electrons. The molecule has 81 heavy (non-hydrogen) atoms. The number of nitrogens with one attached hydrogen (secondary N) is 1. The fourth-order valence-corrected chi connectivity index (χ4v) is 13.1. The van der Waals surface area contributed by atoms with Gasteiger partial charge in [0.1, 0.15) is 11.9 Å². The Labute approximate surface area is 484 Å². The molecule has 5 aliphatic heterocycles. The zero-order valence-electron chi connectivity index (χ0n) is 51.1. The van der Waals surface area contributed by atoms with Gasteiger partial charge in [-0.2, -0.15) is 0 Å². The molecule has 1 fully saturated rings. The summed E-state index contributed by atoms with van der Waals surface area (Å²) in [5, 5.41) is 25.6. The minimum absolute atomic E-state index is 0.0237. The van der Waals surface area contributed by atoms with Crippen molar-refractivity contribution in [2.75, 3.05) is 0 Å². The van der Waals surface area contributed by atoms with Crippen molar-refractivity contribution in [1.29, 1.82) is 0 Å². The first-order valence-electron chi connectivity index (χ1n) is 29.3. The molecule has 8 bridgehead atoms. The molecule has 8 heteroatoms. The van der Waals surface area contributed by atoms with E-state index in [2.05, 4.69) is 212 Å². The highest BCUT2D eigenvalue weighted by Gasteiger charge is 2.42. The number of allylic oxidation sites excluding steroid dienone is 32. The third-order valence-electron chi connectivity index (χ3n) is 17.6. The number of aliphatic hydroxyl groups excluding tert-OH is 2. The van der Waals surface area contributed by atoms with Gasteiger partial charge in [0.2, 0.25) is 0 Å². The predicted octanol–water partition coefficient (Wildman–Crippen LogP) is 17.6. The van der Waals surface area contributed by atoms with Crippen LogP contribution in [0.4, 0.5) is 0 Å². The number of fused-ring (bicyclic) bond motifs is 5. The normalized spacial score (nSPS) is 26.3. The van der Waals surface area contributed by atoms with Crippen LogP contribution in [0.25, 0.3) is 0 Å². The van der Waals surface area contributed by atoms with Crippen molar-refractivity contribution in [1.82, 2.24) is 5.32 Å². The van der Waals surface area contributed by atoms with Gasteiger partial charge in [-0.25, -0.2) is 15.0 Å². The van der Waals surface area contributed by atoms with E-state index in [9.17, 15) is 15.0 Å². The van der Waals surface area contributed by atoms with Crippen LogP contribution >= 0.6 is 0 Å². The van der Waals surface area contributed by atoms with E-state index in [1.807, 2.05) is 19.1 Å². The van der Waals surface area contributed by atoms with E-state index < -0.39 is 0 Å². The zero-order chi connectivity index (χ0) is 58.7. The van der Waals surface area contributed by atoms with Crippen LogP contribution in [0.1, 0.15) is 149 Å². The summed E-state index contributed by atoms with van der Waals surface area (Å²) in [4.78, 5) is 29.5. The topological polar surface area (TPSA) is 116 Å². The van der Waals surface area contributed by atoms with Crippen LogP contribution < -0.4 is 5.32 Å². The van der Waals surface area contributed by atoms with Crippen LogP contribution in [0, 0.1) is 28.6 Å². The monoisotopic (exact) mass is 1080 g/mol. The van der Waals surface area contributed by atoms with E-state index >= 15 is 0 Å². The smallest absolute Gasteiger partial charge is 0.306 e. The lowest BCUT2D eigenvalue weighted by Gasteiger charge is -2.38. The maximum Gasteiger partial charge on any atom is 0.306 e. The fourth-order valence-electron chi connectivity index (χ4n) is 13.1. The van der Waals surface area contributed by atoms with E-state index in [0.29, 0.717) is 30.9 Å². The van der Waals surface area contributed by atoms with Crippen LogP contribution in [-0.4, -0.2) is 45.5 Å². The molecule has 0 saturated carbocycles. The van der Waals surface area contributed by atoms with Gasteiger partial charge in [-0.05, 0) is 145 Å². The summed E-state index contributed by atoms with van der Waals surface area (Å²) in [5.41, 5.74) is 22.4. The van der Waals surface area contributed by atoms with Crippen LogP contribution in [0.5, 0.6) is 0 Å². The lowest BCUT2D eigenvalue weighted by molar-refractivity contribution is -0.150. The van der Waals surface area contributed by atoms with Gasteiger partial charge < -0.3 is 20.3 Å². The summed E-state index contributed by atoms with van der Waals surface area (Å²) in [7, 11) is 0. The van der Waals surface area contributed by atoms with Crippen LogP contribution in [0.2, 0.25) is 0 Å². The van der Waals surface area contributed by atoms with Gasteiger partial charge >= 0.3 is 5.97 Å². The molecule has 0 radical (unpaired) electrons. The highest BCUT2D eigenvalue weighted by molar-refractivity contribution is 6.21. The van der Waals surface area contributed by atoms with Crippen molar-refractivity contribution in [2.24, 2.45) is 43.6 Å². The van der Waals surface area contributed by atoms with Gasteiger partial charge in [-0.15, -0.1) is 0 Å². The molecule has 0 aromatic rings. The van der Waals surface area contributed by atoms with Gasteiger partial charge in [0, 0.05) is 65.1 Å². The van der Waals surface area contributed by atoms with Gasteiger partial charge in [-0.3, -0.25) is 4.79 Å². The van der Waals surface area contributed by atoms with Crippen LogP contribution in [0.15, 0.2) is 249 Å². The third kappa shape index (κ3) is 13.5. The molecular formula is C73H88N4O4. The quantitative estimate of drug-likeness (QED) is 0.0809. The summed E-state index contributed by atoms with van der Waals surface area (Å²) >= 11 is 0. The predicted molar refractivity (Wildman–Crippen MR) is 339 cm³/mol. The second-order valence-corrected chi connectivity index (χ2v) is 25.0. The molecule has 5 heterocycles. The van der Waals surface area contributed by atoms with Crippen molar-refractivity contribution >= 4 is 23.1 Å². The molecule has 5 atom stereocenters. The summed E-state index contributed by atoms with van der Waals surface area (Å²) in [6.07, 6.45) is 43.8. The largest absolute Gasteiger partial charge is 0.511 e. The van der Waals surface area contributed by atoms with Crippen molar-refractivity contribution in [3.05, 3.63) is 234 Å². The Bertz CT molecular complexity index is 3400. The van der Waals surface area contributed by atoms with Gasteiger partial charge in [0.15, 0.2) is 0 Å². The zero-order valence-corrected chi connectivity index (χ0v) is 51.1. The Balaban J connectivity index is 0.888. The summed E-state index contributed by atoms with van der Waals surface area (Å²) < 4.78 is 6.36. The number of aliphatic imine (C=N–C) groups is 3. The third-order valence-corrected chi connectivity index (χ3v) is 17.6. The van der Waals surface area contributed by atoms with Crippen LogP contribution in [-0.2, 0) is 9.53 Å². The minimum Gasteiger partial charge on any atom is -0.511 e. The second-order valence-electron chi connectivity index (χ2n) is 25.0. The van der Waals surface area contributed by atoms with Gasteiger partial charge in [-0.1, -0.05) is 179 Å². The number of esters is 1. The van der Waals surface area contributed by atoms with Gasteiger partial charge in [0.05, 0.1) is 40.3 Å². The highest BCUT2D eigenvalue weighted by Crippen LogP contribution is 2.48. The second kappa shape index (κ2) is 24.9. The van der Waals surface area contributed by atoms with Crippen molar-refractivity contribution in [3.8, 4) is 0 Å². The Morgan fingerprint density at radius 1 is 0.802 bits per heavy atom. The van der Waals surface area contributed by atoms with E-state index in [1.165, 1.54) is 33.4 Å². The van der Waals surface area contributed by atoms with Crippen LogP contribution in [0.3, 0.4) is 0 Å². The van der Waals surface area contributed by atoms with Crippen molar-refractivity contribution in [2.45, 2.75) is 161 Å². The molecule has 8 nitrogen and oxygen atoms in total. The number of hydrogen-bond donors (Lipinski definition) is 3. The Hall–Kier alpha value is -7.16. The van der Waals surface area contributed by atoms with Crippen molar-refractivity contribution in [3.63, 3.8) is 0 Å². The van der Waals surface area contributed by atoms with E-state index in [0.717, 1.165) is 109 Å². The molecule has 0 aromatic carbocycles. The minimum atomic E-state index is -0.353. The average Bonchev–Trinajstić information content (AvgIpc) is 4.28. The van der Waals surface area contributed by atoms with E-state index in [-0.39, 0.29) is 47.3 Å². The first-order valence-corrected chi connectivity index (χ1v) is 29.3. The molecule has 1 saturated heterocycles.